The smallest absolute Gasteiger partial charge is 0.410 e. The summed E-state index contributed by atoms with van der Waals surface area (Å²) in [6, 6.07) is 22.2. The normalized spacial score (nSPS) is 15.4. The van der Waals surface area contributed by atoms with Gasteiger partial charge < -0.3 is 25.0 Å². The molecule has 0 spiro atoms. The van der Waals surface area contributed by atoms with Crippen molar-refractivity contribution in [3.63, 3.8) is 0 Å². The summed E-state index contributed by atoms with van der Waals surface area (Å²) in [6.45, 7) is 5.08. The largest absolute Gasteiger partial charge is 0.497 e. The number of fused-ring (bicyclic) bond motifs is 3. The summed E-state index contributed by atoms with van der Waals surface area (Å²) in [5.74, 6) is 1.54. The number of methoxy groups -OCH3 is 1. The van der Waals surface area contributed by atoms with Gasteiger partial charge in [0.05, 0.1) is 19.2 Å². The van der Waals surface area contributed by atoms with Gasteiger partial charge >= 0.3 is 6.09 Å². The number of amides is 2. The molecular weight excluding hydrogens is 546 g/mol. The van der Waals surface area contributed by atoms with Gasteiger partial charge in [-0.15, -0.1) is 5.10 Å². The fourth-order valence-corrected chi connectivity index (χ4v) is 5.15. The minimum Gasteiger partial charge on any atom is -0.497 e. The molecule has 11 heteroatoms. The Bertz CT molecular complexity index is 1770. The molecule has 1 aliphatic heterocycles. The van der Waals surface area contributed by atoms with Crippen LogP contribution < -0.4 is 15.4 Å². The van der Waals surface area contributed by atoms with Crippen LogP contribution in [0.25, 0.3) is 27.9 Å². The number of benzene rings is 3. The molecule has 0 aliphatic carbocycles. The van der Waals surface area contributed by atoms with Crippen LogP contribution in [0.3, 0.4) is 0 Å². The molecule has 11 nitrogen and oxygen atoms in total. The number of hydrogen-bond donors (Lipinski definition) is 2. The standard InChI is InChI=1S/C32H33N7O4/c1-20(2)24-10-7-11-25-27(24)35-31(39-29(25)36-28(37-39)22-12-14-23(42-3)15-13-22)34-26-18-38(17-16-33-30(26)40)32(41)43-19-21-8-5-4-6-9-21/h4-15,20,26H,16-19H2,1-3H3,(H,33,40)(H,34,35)/t26-/m1/s1. The molecule has 0 bridgehead atoms. The van der Waals surface area contributed by atoms with Crippen LogP contribution in [0.1, 0.15) is 30.9 Å². The van der Waals surface area contributed by atoms with E-state index in [9.17, 15) is 9.59 Å². The molecule has 2 amide bonds. The number of ether oxygens (including phenoxy) is 2. The lowest BCUT2D eigenvalue weighted by Gasteiger charge is -2.23. The van der Waals surface area contributed by atoms with E-state index in [0.29, 0.717) is 30.5 Å². The van der Waals surface area contributed by atoms with Crippen LogP contribution in [0.5, 0.6) is 5.75 Å². The van der Waals surface area contributed by atoms with E-state index < -0.39 is 12.1 Å². The molecule has 5 aromatic rings. The van der Waals surface area contributed by atoms with E-state index in [-0.39, 0.29) is 25.0 Å². The highest BCUT2D eigenvalue weighted by Crippen LogP contribution is 2.30. The third kappa shape index (κ3) is 5.78. The highest BCUT2D eigenvalue weighted by molar-refractivity contribution is 5.95. The Kier molecular flexibility index (Phi) is 7.78. The molecule has 1 fully saturated rings. The second-order valence-electron chi connectivity index (χ2n) is 10.7. The van der Waals surface area contributed by atoms with Crippen molar-refractivity contribution < 1.29 is 19.1 Å². The Balaban J connectivity index is 1.36. The summed E-state index contributed by atoms with van der Waals surface area (Å²) >= 11 is 0. The number of nitrogens with zero attached hydrogens (tertiary/aromatic N) is 5. The number of anilines is 1. The van der Waals surface area contributed by atoms with E-state index in [1.54, 1.807) is 11.6 Å². The van der Waals surface area contributed by atoms with Gasteiger partial charge in [0, 0.05) is 24.0 Å². The van der Waals surface area contributed by atoms with E-state index in [2.05, 4.69) is 24.5 Å². The number of rotatable bonds is 7. The molecule has 43 heavy (non-hydrogen) atoms. The number of hydrogen-bond acceptors (Lipinski definition) is 8. The van der Waals surface area contributed by atoms with Crippen LogP contribution in [0, 0.1) is 0 Å². The summed E-state index contributed by atoms with van der Waals surface area (Å²) in [5, 5.41) is 11.8. The van der Waals surface area contributed by atoms with Gasteiger partial charge in [-0.1, -0.05) is 56.3 Å². The first-order chi connectivity index (χ1) is 20.9. The molecule has 3 heterocycles. The minimum absolute atomic E-state index is 0.0898. The quantitative estimate of drug-likeness (QED) is 0.286. The van der Waals surface area contributed by atoms with Crippen molar-refractivity contribution in [1.29, 1.82) is 0 Å². The van der Waals surface area contributed by atoms with E-state index in [1.807, 2.05) is 72.8 Å². The molecule has 2 N–H and O–H groups in total. The van der Waals surface area contributed by atoms with Crippen molar-refractivity contribution in [2.24, 2.45) is 0 Å². The molecule has 1 atom stereocenters. The first kappa shape index (κ1) is 28.0. The van der Waals surface area contributed by atoms with E-state index in [1.165, 1.54) is 4.90 Å². The Labute approximate surface area is 248 Å². The van der Waals surface area contributed by atoms with Gasteiger partial charge in [0.1, 0.15) is 18.4 Å². The van der Waals surface area contributed by atoms with Crippen LogP contribution in [-0.2, 0) is 16.1 Å². The van der Waals surface area contributed by atoms with Gasteiger partial charge in [-0.25, -0.2) is 14.8 Å². The van der Waals surface area contributed by atoms with Gasteiger partial charge in [0.15, 0.2) is 11.5 Å². The van der Waals surface area contributed by atoms with Crippen molar-refractivity contribution in [3.05, 3.63) is 83.9 Å². The molecule has 0 radical (unpaired) electrons. The van der Waals surface area contributed by atoms with Crippen LogP contribution in [0.15, 0.2) is 72.8 Å². The van der Waals surface area contributed by atoms with Gasteiger partial charge in [0.25, 0.3) is 0 Å². The second-order valence-corrected chi connectivity index (χ2v) is 10.7. The second kappa shape index (κ2) is 12.0. The topological polar surface area (TPSA) is 123 Å². The lowest BCUT2D eigenvalue weighted by molar-refractivity contribution is -0.121. The average molecular weight is 580 g/mol. The molecule has 6 rings (SSSR count). The maximum absolute atomic E-state index is 13.2. The summed E-state index contributed by atoms with van der Waals surface area (Å²) < 4.78 is 12.5. The Morgan fingerprint density at radius 1 is 1.05 bits per heavy atom. The summed E-state index contributed by atoms with van der Waals surface area (Å²) in [7, 11) is 1.62. The predicted molar refractivity (Wildman–Crippen MR) is 163 cm³/mol. The van der Waals surface area contributed by atoms with E-state index >= 15 is 0 Å². The lowest BCUT2D eigenvalue weighted by atomic mass is 10.0. The highest BCUT2D eigenvalue weighted by Gasteiger charge is 2.30. The Morgan fingerprint density at radius 2 is 1.84 bits per heavy atom. The van der Waals surface area contributed by atoms with Crippen LogP contribution in [0.2, 0.25) is 0 Å². The van der Waals surface area contributed by atoms with Gasteiger partial charge in [-0.05, 0) is 47.4 Å². The van der Waals surface area contributed by atoms with Gasteiger partial charge in [-0.2, -0.15) is 4.52 Å². The third-order valence-electron chi connectivity index (χ3n) is 7.47. The lowest BCUT2D eigenvalue weighted by Crippen LogP contribution is -2.44. The zero-order valence-electron chi connectivity index (χ0n) is 24.3. The SMILES string of the molecule is COc1ccc(-c2nc3c4cccc(C(C)C)c4nc(N[C@@H]4CN(C(=O)OCc5ccccc5)CCNC4=O)n3n2)cc1. The first-order valence-electron chi connectivity index (χ1n) is 14.2. The number of para-hydroxylation sites is 1. The monoisotopic (exact) mass is 579 g/mol. The molecule has 0 saturated carbocycles. The summed E-state index contributed by atoms with van der Waals surface area (Å²) in [4.78, 5) is 37.6. The molecular formula is C32H33N7O4. The zero-order valence-corrected chi connectivity index (χ0v) is 24.3. The van der Waals surface area contributed by atoms with Crippen molar-refractivity contribution in [1.82, 2.24) is 29.8 Å². The highest BCUT2D eigenvalue weighted by atomic mass is 16.6. The van der Waals surface area contributed by atoms with Crippen LogP contribution in [0.4, 0.5) is 10.7 Å². The average Bonchev–Trinajstić information content (AvgIpc) is 3.40. The fraction of sp³-hybridized carbons (Fsp3) is 0.281. The van der Waals surface area contributed by atoms with Crippen molar-refractivity contribution in [2.45, 2.75) is 32.4 Å². The predicted octanol–water partition coefficient (Wildman–Crippen LogP) is 4.63. The third-order valence-corrected chi connectivity index (χ3v) is 7.47. The maximum Gasteiger partial charge on any atom is 0.410 e. The van der Waals surface area contributed by atoms with E-state index in [0.717, 1.165) is 33.3 Å². The van der Waals surface area contributed by atoms with Crippen LogP contribution in [-0.4, -0.2) is 69.3 Å². The zero-order chi connectivity index (χ0) is 29.9. The number of carbonyl (C=O) groups is 2. The van der Waals surface area contributed by atoms with Gasteiger partial charge in [-0.3, -0.25) is 4.79 Å². The maximum atomic E-state index is 13.2. The Hall–Kier alpha value is -5.19. The summed E-state index contributed by atoms with van der Waals surface area (Å²) in [5.41, 5.74) is 4.12. The van der Waals surface area contributed by atoms with Crippen LogP contribution >= 0.6 is 0 Å². The molecule has 1 aliphatic rings. The fourth-order valence-electron chi connectivity index (χ4n) is 5.15. The first-order valence-corrected chi connectivity index (χ1v) is 14.2. The number of carbonyl (C=O) groups excluding carboxylic acids is 2. The summed E-state index contributed by atoms with van der Waals surface area (Å²) in [6.07, 6.45) is -0.492. The van der Waals surface area contributed by atoms with Crippen molar-refractivity contribution in [3.8, 4) is 17.1 Å². The molecule has 3 aromatic carbocycles. The van der Waals surface area contributed by atoms with E-state index in [4.69, 9.17) is 24.5 Å². The molecule has 2 aromatic heterocycles. The molecule has 1 saturated heterocycles. The minimum atomic E-state index is -0.806. The number of aromatic nitrogens is 4. The van der Waals surface area contributed by atoms with Crippen molar-refractivity contribution >= 4 is 34.5 Å². The number of nitrogens with one attached hydrogen (secondary N) is 2. The Morgan fingerprint density at radius 3 is 2.58 bits per heavy atom. The molecule has 220 valence electrons. The van der Waals surface area contributed by atoms with Crippen molar-refractivity contribution in [2.75, 3.05) is 32.1 Å². The molecule has 0 unspecified atom stereocenters. The van der Waals surface area contributed by atoms with Gasteiger partial charge in [0.2, 0.25) is 11.9 Å².